The van der Waals surface area contributed by atoms with Crippen molar-refractivity contribution in [3.05, 3.63) is 78.7 Å². The highest BCUT2D eigenvalue weighted by Gasteiger charge is 2.16. The Morgan fingerprint density at radius 2 is 1.76 bits per heavy atom. The average molecular weight is 347 g/mol. The molecule has 5 heteroatoms. The Balaban J connectivity index is 1.88. The molecule has 0 amide bonds. The van der Waals surface area contributed by atoms with Crippen molar-refractivity contribution in [3.63, 3.8) is 0 Å². The Kier molecular flexibility index (Phi) is 4.07. The van der Waals surface area contributed by atoms with E-state index in [1.807, 2.05) is 30.4 Å². The number of benzene rings is 1. The summed E-state index contributed by atoms with van der Waals surface area (Å²) in [6, 6.07) is 10.2. The van der Waals surface area contributed by atoms with E-state index in [9.17, 15) is 4.39 Å². The molecule has 0 bridgehead atoms. The molecule has 0 fully saturated rings. The molecule has 3 aromatic rings. The zero-order chi connectivity index (χ0) is 17.2. The first-order valence-corrected chi connectivity index (χ1v) is 8.29. The summed E-state index contributed by atoms with van der Waals surface area (Å²) in [5.41, 5.74) is 4.40. The fourth-order valence-electron chi connectivity index (χ4n) is 2.78. The third-order valence-electron chi connectivity index (χ3n) is 4.00. The molecule has 0 radical (unpaired) electrons. The predicted molar refractivity (Wildman–Crippen MR) is 102 cm³/mol. The van der Waals surface area contributed by atoms with Crippen molar-refractivity contribution in [2.24, 2.45) is 0 Å². The van der Waals surface area contributed by atoms with E-state index < -0.39 is 0 Å². The van der Waals surface area contributed by atoms with E-state index in [1.165, 1.54) is 12.1 Å². The molecule has 1 N–H and O–H groups in total. The Labute approximate surface area is 150 Å². The lowest BCUT2D eigenvalue weighted by atomic mass is 10.1. The molecule has 0 atom stereocenters. The Morgan fingerprint density at radius 1 is 1.00 bits per heavy atom. The molecule has 2 aromatic heterocycles. The van der Waals surface area contributed by atoms with Crippen molar-refractivity contribution in [3.8, 4) is 22.5 Å². The second-order valence-electron chi connectivity index (χ2n) is 5.72. The highest BCUT2D eigenvalue weighted by Crippen LogP contribution is 2.32. The van der Waals surface area contributed by atoms with Crippen LogP contribution in [0.15, 0.2) is 67.0 Å². The summed E-state index contributed by atoms with van der Waals surface area (Å²) in [5, 5.41) is 0. The smallest absolute Gasteiger partial charge is 0.138 e. The molecule has 122 valence electrons. The molecule has 2 heterocycles. The average Bonchev–Trinajstić information content (AvgIpc) is 3.08. The van der Waals surface area contributed by atoms with Crippen LogP contribution >= 0.6 is 12.2 Å². The third kappa shape index (κ3) is 3.19. The minimum absolute atomic E-state index is 0.270. The van der Waals surface area contributed by atoms with Gasteiger partial charge < -0.3 is 4.98 Å². The van der Waals surface area contributed by atoms with Gasteiger partial charge in [-0.25, -0.2) is 9.37 Å². The van der Waals surface area contributed by atoms with Gasteiger partial charge in [-0.05, 0) is 42.5 Å². The van der Waals surface area contributed by atoms with Gasteiger partial charge in [-0.15, -0.1) is 0 Å². The molecule has 0 saturated heterocycles. The van der Waals surface area contributed by atoms with Crippen molar-refractivity contribution in [2.45, 2.75) is 6.42 Å². The maximum absolute atomic E-state index is 13.3. The van der Waals surface area contributed by atoms with Gasteiger partial charge in [0.2, 0.25) is 0 Å². The molecule has 1 aromatic carbocycles. The highest BCUT2D eigenvalue weighted by atomic mass is 32.1. The van der Waals surface area contributed by atoms with Crippen LogP contribution in [0.25, 0.3) is 28.1 Å². The van der Waals surface area contributed by atoms with Crippen molar-refractivity contribution in [1.29, 1.82) is 0 Å². The minimum atomic E-state index is -0.270. The van der Waals surface area contributed by atoms with E-state index in [4.69, 9.17) is 17.2 Å². The van der Waals surface area contributed by atoms with Gasteiger partial charge in [-0.3, -0.25) is 4.98 Å². The number of hydrogen-bond donors (Lipinski definition) is 1. The first-order valence-electron chi connectivity index (χ1n) is 7.88. The molecule has 0 spiro atoms. The number of imidazole rings is 1. The molecular weight excluding hydrogens is 333 g/mol. The van der Waals surface area contributed by atoms with Gasteiger partial charge in [0.25, 0.3) is 0 Å². The number of pyridine rings is 1. The highest BCUT2D eigenvalue weighted by molar-refractivity contribution is 7.80. The van der Waals surface area contributed by atoms with Crippen LogP contribution in [-0.2, 0) is 0 Å². The van der Waals surface area contributed by atoms with Crippen LogP contribution in [0.2, 0.25) is 0 Å². The van der Waals surface area contributed by atoms with E-state index in [1.54, 1.807) is 24.5 Å². The van der Waals surface area contributed by atoms with Crippen LogP contribution in [-0.4, -0.2) is 19.8 Å². The molecule has 3 nitrogen and oxygen atoms in total. The third-order valence-corrected chi connectivity index (χ3v) is 4.28. The second kappa shape index (κ2) is 6.53. The fourth-order valence-corrected chi connectivity index (χ4v) is 3.01. The maximum atomic E-state index is 13.3. The van der Waals surface area contributed by atoms with E-state index in [2.05, 4.69) is 9.97 Å². The number of aromatic amines is 1. The molecule has 4 rings (SSSR count). The standard InChI is InChI=1S/C20H14FN3S/c21-16-6-4-13(5-7-16)18-19(14-8-10-22-11-9-14)24-20(23-18)15-2-1-3-17(25)12-15/h1-2,4-12H,3H2,(H,23,24). The topological polar surface area (TPSA) is 41.6 Å². The number of hydrogen-bond acceptors (Lipinski definition) is 3. The lowest BCUT2D eigenvalue weighted by Gasteiger charge is -2.04. The van der Waals surface area contributed by atoms with Gasteiger partial charge in [-0.2, -0.15) is 0 Å². The van der Waals surface area contributed by atoms with Gasteiger partial charge in [-0.1, -0.05) is 24.4 Å². The number of halogens is 1. The number of aromatic nitrogens is 3. The predicted octanol–water partition coefficient (Wildman–Crippen LogP) is 4.99. The molecule has 1 aliphatic carbocycles. The van der Waals surface area contributed by atoms with Gasteiger partial charge >= 0.3 is 0 Å². The first kappa shape index (κ1) is 15.6. The molecule has 0 saturated carbocycles. The summed E-state index contributed by atoms with van der Waals surface area (Å²) >= 11 is 5.30. The van der Waals surface area contributed by atoms with Gasteiger partial charge in [0.05, 0.1) is 11.4 Å². The summed E-state index contributed by atoms with van der Waals surface area (Å²) in [5.74, 6) is 0.470. The molecule has 0 unspecified atom stereocenters. The molecule has 25 heavy (non-hydrogen) atoms. The van der Waals surface area contributed by atoms with E-state index in [0.717, 1.165) is 45.2 Å². The first-order chi connectivity index (χ1) is 12.2. The quantitative estimate of drug-likeness (QED) is 0.679. The zero-order valence-corrected chi connectivity index (χ0v) is 14.1. The molecular formula is C20H14FN3S. The molecule has 0 aliphatic heterocycles. The Hall–Kier alpha value is -2.92. The van der Waals surface area contributed by atoms with Crippen LogP contribution < -0.4 is 0 Å². The number of rotatable bonds is 3. The van der Waals surface area contributed by atoms with Gasteiger partial charge in [0.15, 0.2) is 0 Å². The maximum Gasteiger partial charge on any atom is 0.138 e. The summed E-state index contributed by atoms with van der Waals surface area (Å²) in [4.78, 5) is 13.1. The summed E-state index contributed by atoms with van der Waals surface area (Å²) in [7, 11) is 0. The van der Waals surface area contributed by atoms with Crippen LogP contribution in [0.1, 0.15) is 12.2 Å². The Morgan fingerprint density at radius 3 is 2.48 bits per heavy atom. The van der Waals surface area contributed by atoms with Crippen LogP contribution in [0.3, 0.4) is 0 Å². The lowest BCUT2D eigenvalue weighted by molar-refractivity contribution is 0.628. The number of H-pyrrole nitrogens is 1. The summed E-state index contributed by atoms with van der Waals surface area (Å²) in [6.07, 6.45) is 10.3. The van der Waals surface area contributed by atoms with E-state index in [0.29, 0.717) is 0 Å². The summed E-state index contributed by atoms with van der Waals surface area (Å²) < 4.78 is 13.3. The summed E-state index contributed by atoms with van der Waals surface area (Å²) in [6.45, 7) is 0. The second-order valence-corrected chi connectivity index (χ2v) is 6.25. The normalized spacial score (nSPS) is 13.8. The van der Waals surface area contributed by atoms with Crippen LogP contribution in [0.4, 0.5) is 4.39 Å². The zero-order valence-electron chi connectivity index (χ0n) is 13.2. The number of nitrogens with zero attached hydrogens (tertiary/aromatic N) is 2. The number of nitrogens with one attached hydrogen (secondary N) is 1. The minimum Gasteiger partial charge on any atom is -0.337 e. The van der Waals surface area contributed by atoms with Crippen molar-refractivity contribution in [2.75, 3.05) is 0 Å². The lowest BCUT2D eigenvalue weighted by Crippen LogP contribution is -1.96. The van der Waals surface area contributed by atoms with Gasteiger partial charge in [0.1, 0.15) is 11.6 Å². The number of thiocarbonyl (C=S) groups is 1. The fraction of sp³-hybridized carbons (Fsp3) is 0.0500. The van der Waals surface area contributed by atoms with Crippen molar-refractivity contribution < 1.29 is 4.39 Å². The van der Waals surface area contributed by atoms with Crippen molar-refractivity contribution in [1.82, 2.24) is 15.0 Å². The van der Waals surface area contributed by atoms with Crippen LogP contribution in [0.5, 0.6) is 0 Å². The number of allylic oxidation sites excluding steroid dienone is 4. The van der Waals surface area contributed by atoms with E-state index >= 15 is 0 Å². The van der Waals surface area contributed by atoms with Crippen LogP contribution in [0, 0.1) is 5.82 Å². The largest absolute Gasteiger partial charge is 0.337 e. The monoisotopic (exact) mass is 347 g/mol. The van der Waals surface area contributed by atoms with E-state index in [-0.39, 0.29) is 5.82 Å². The Bertz CT molecular complexity index is 986. The SMILES string of the molecule is Fc1ccc(-c2nc(C3=CC(=S)CC=C3)[nH]c2-c2ccncc2)cc1. The van der Waals surface area contributed by atoms with Gasteiger partial charge in [0, 0.05) is 40.4 Å². The van der Waals surface area contributed by atoms with Crippen molar-refractivity contribution >= 4 is 22.7 Å². The molecule has 1 aliphatic rings.